The Kier molecular flexibility index (Phi) is 4.26. The van der Waals surface area contributed by atoms with Crippen molar-refractivity contribution in [3.63, 3.8) is 0 Å². The highest BCUT2D eigenvalue weighted by atomic mass is 79.9. The van der Waals surface area contributed by atoms with Crippen LogP contribution >= 0.6 is 15.9 Å². The molecule has 134 valence electrons. The first-order valence-electron chi connectivity index (χ1n) is 8.22. The summed E-state index contributed by atoms with van der Waals surface area (Å²) < 4.78 is 34.4. The zero-order valence-corrected chi connectivity index (χ0v) is 15.2. The summed E-state index contributed by atoms with van der Waals surface area (Å²) in [6.45, 7) is 0.182. The standard InChI is InChI=1S/C19H14BrF2NO3/c20-14-7-12(21)8-16(13(14)9-24)23-3-4-26-17-6-11(10-1-2-10)5-15(22)18(17)19(23)25/h5-10H,1-4H2. The number of anilines is 1. The predicted octanol–water partition coefficient (Wildman–Crippen LogP) is 4.46. The van der Waals surface area contributed by atoms with E-state index in [4.69, 9.17) is 4.74 Å². The fraction of sp³-hybridized carbons (Fsp3) is 0.263. The van der Waals surface area contributed by atoms with Gasteiger partial charge in [-0.15, -0.1) is 0 Å². The Morgan fingerprint density at radius 2 is 1.96 bits per heavy atom. The van der Waals surface area contributed by atoms with Crippen LogP contribution in [0, 0.1) is 11.6 Å². The molecule has 26 heavy (non-hydrogen) atoms. The summed E-state index contributed by atoms with van der Waals surface area (Å²) in [5, 5.41) is 0. The molecule has 2 aromatic carbocycles. The zero-order valence-electron chi connectivity index (χ0n) is 13.6. The largest absolute Gasteiger partial charge is 0.491 e. The maximum atomic E-state index is 14.7. The Morgan fingerprint density at radius 1 is 1.19 bits per heavy atom. The molecule has 1 heterocycles. The summed E-state index contributed by atoms with van der Waals surface area (Å²) >= 11 is 3.13. The SMILES string of the molecule is O=Cc1c(Br)cc(F)cc1N1CCOc2cc(C3CC3)cc(F)c2C1=O. The second-order valence-corrected chi connectivity index (χ2v) is 7.25. The number of hydrogen-bond donors (Lipinski definition) is 0. The number of halogens is 3. The van der Waals surface area contributed by atoms with Crippen molar-refractivity contribution in [1.82, 2.24) is 0 Å². The van der Waals surface area contributed by atoms with Gasteiger partial charge in [0.1, 0.15) is 29.6 Å². The van der Waals surface area contributed by atoms with Crippen molar-refractivity contribution in [1.29, 1.82) is 0 Å². The van der Waals surface area contributed by atoms with Crippen LogP contribution in [0.4, 0.5) is 14.5 Å². The number of carbonyl (C=O) groups excluding carboxylic acids is 2. The number of carbonyl (C=O) groups is 2. The summed E-state index contributed by atoms with van der Waals surface area (Å²) in [4.78, 5) is 25.6. The molecular weight excluding hydrogens is 408 g/mol. The maximum Gasteiger partial charge on any atom is 0.265 e. The van der Waals surface area contributed by atoms with E-state index in [0.29, 0.717) is 12.2 Å². The Hall–Kier alpha value is -2.28. The second-order valence-electron chi connectivity index (χ2n) is 6.39. The van der Waals surface area contributed by atoms with Crippen LogP contribution in [0.1, 0.15) is 45.0 Å². The average molecular weight is 422 g/mol. The number of aldehydes is 1. The fourth-order valence-electron chi connectivity index (χ4n) is 3.20. The maximum absolute atomic E-state index is 14.7. The van der Waals surface area contributed by atoms with Crippen LogP contribution in [0.15, 0.2) is 28.7 Å². The summed E-state index contributed by atoms with van der Waals surface area (Å²) in [6, 6.07) is 5.30. The van der Waals surface area contributed by atoms with Crippen LogP contribution in [0.25, 0.3) is 0 Å². The molecule has 0 unspecified atom stereocenters. The Labute approximate surface area is 156 Å². The van der Waals surface area contributed by atoms with Crippen molar-refractivity contribution in [2.24, 2.45) is 0 Å². The quantitative estimate of drug-likeness (QED) is 0.687. The topological polar surface area (TPSA) is 46.6 Å². The van der Waals surface area contributed by atoms with E-state index in [1.807, 2.05) is 0 Å². The van der Waals surface area contributed by atoms with Crippen molar-refractivity contribution < 1.29 is 23.1 Å². The third-order valence-electron chi connectivity index (χ3n) is 4.64. The lowest BCUT2D eigenvalue weighted by molar-refractivity contribution is 0.0986. The van der Waals surface area contributed by atoms with Crippen LogP contribution in [0.2, 0.25) is 0 Å². The van der Waals surface area contributed by atoms with Crippen molar-refractivity contribution >= 4 is 33.8 Å². The number of nitrogens with zero attached hydrogens (tertiary/aromatic N) is 1. The van der Waals surface area contributed by atoms with Crippen molar-refractivity contribution in [2.75, 3.05) is 18.1 Å². The minimum absolute atomic E-state index is 0.0719. The minimum atomic E-state index is -0.663. The highest BCUT2D eigenvalue weighted by Crippen LogP contribution is 2.43. The van der Waals surface area contributed by atoms with E-state index in [1.54, 1.807) is 6.07 Å². The molecule has 1 saturated carbocycles. The monoisotopic (exact) mass is 421 g/mol. The van der Waals surface area contributed by atoms with Gasteiger partial charge < -0.3 is 9.64 Å². The minimum Gasteiger partial charge on any atom is -0.491 e. The molecule has 1 amide bonds. The van der Waals surface area contributed by atoms with Gasteiger partial charge in [0.15, 0.2) is 6.29 Å². The lowest BCUT2D eigenvalue weighted by atomic mass is 10.0. The summed E-state index contributed by atoms with van der Waals surface area (Å²) in [6.07, 6.45) is 2.53. The van der Waals surface area contributed by atoms with E-state index in [1.165, 1.54) is 11.0 Å². The number of fused-ring (bicyclic) bond motifs is 1. The molecule has 1 aliphatic heterocycles. The number of amides is 1. The molecule has 0 aromatic heterocycles. The lowest BCUT2D eigenvalue weighted by Gasteiger charge is -2.22. The molecule has 1 fully saturated rings. The molecule has 1 aliphatic carbocycles. The van der Waals surface area contributed by atoms with Crippen molar-refractivity contribution in [2.45, 2.75) is 18.8 Å². The van der Waals surface area contributed by atoms with Crippen molar-refractivity contribution in [3.05, 3.63) is 57.1 Å². The Bertz CT molecular complexity index is 927. The highest BCUT2D eigenvalue weighted by Gasteiger charge is 2.33. The van der Waals surface area contributed by atoms with Gasteiger partial charge in [0, 0.05) is 4.47 Å². The van der Waals surface area contributed by atoms with Crippen LogP contribution in [-0.4, -0.2) is 25.3 Å². The molecule has 0 N–H and O–H groups in total. The van der Waals surface area contributed by atoms with Gasteiger partial charge in [-0.2, -0.15) is 0 Å². The van der Waals surface area contributed by atoms with Gasteiger partial charge in [0.25, 0.3) is 5.91 Å². The van der Waals surface area contributed by atoms with Gasteiger partial charge in [-0.05, 0) is 64.5 Å². The summed E-state index contributed by atoms with van der Waals surface area (Å²) in [5.74, 6) is -1.42. The third kappa shape index (κ3) is 2.90. The fourth-order valence-corrected chi connectivity index (χ4v) is 3.71. The van der Waals surface area contributed by atoms with E-state index in [-0.39, 0.29) is 40.2 Å². The number of hydrogen-bond acceptors (Lipinski definition) is 3. The van der Waals surface area contributed by atoms with Crippen LogP contribution in [0.5, 0.6) is 5.75 Å². The predicted molar refractivity (Wildman–Crippen MR) is 95.0 cm³/mol. The van der Waals surface area contributed by atoms with Crippen LogP contribution in [-0.2, 0) is 0 Å². The molecular formula is C19H14BrF2NO3. The van der Waals surface area contributed by atoms with E-state index in [9.17, 15) is 18.4 Å². The van der Waals surface area contributed by atoms with Crippen LogP contribution < -0.4 is 9.64 Å². The van der Waals surface area contributed by atoms with E-state index in [2.05, 4.69) is 15.9 Å². The van der Waals surface area contributed by atoms with Gasteiger partial charge in [-0.1, -0.05) is 0 Å². The first-order chi connectivity index (χ1) is 12.5. The molecule has 0 bridgehead atoms. The molecule has 0 atom stereocenters. The van der Waals surface area contributed by atoms with Gasteiger partial charge >= 0.3 is 0 Å². The molecule has 0 spiro atoms. The first-order valence-corrected chi connectivity index (χ1v) is 9.01. The van der Waals surface area contributed by atoms with E-state index in [0.717, 1.165) is 30.5 Å². The normalized spacial score (nSPS) is 16.7. The van der Waals surface area contributed by atoms with Gasteiger partial charge in [-0.3, -0.25) is 9.59 Å². The second kappa shape index (κ2) is 6.46. The molecule has 4 nitrogen and oxygen atoms in total. The summed E-state index contributed by atoms with van der Waals surface area (Å²) in [5.41, 5.74) is 0.839. The van der Waals surface area contributed by atoms with Gasteiger partial charge in [0.05, 0.1) is 17.8 Å². The van der Waals surface area contributed by atoms with Crippen LogP contribution in [0.3, 0.4) is 0 Å². The smallest absolute Gasteiger partial charge is 0.265 e. The Morgan fingerprint density at radius 3 is 2.65 bits per heavy atom. The summed E-state index contributed by atoms with van der Waals surface area (Å²) in [7, 11) is 0. The molecule has 4 rings (SSSR count). The number of ether oxygens (including phenoxy) is 1. The lowest BCUT2D eigenvalue weighted by Crippen LogP contribution is -2.33. The third-order valence-corrected chi connectivity index (χ3v) is 5.29. The Balaban J connectivity index is 1.82. The van der Waals surface area contributed by atoms with E-state index < -0.39 is 17.5 Å². The molecule has 0 saturated heterocycles. The molecule has 2 aromatic rings. The first kappa shape index (κ1) is 17.1. The van der Waals surface area contributed by atoms with E-state index >= 15 is 0 Å². The molecule has 7 heteroatoms. The highest BCUT2D eigenvalue weighted by molar-refractivity contribution is 9.10. The number of rotatable bonds is 3. The van der Waals surface area contributed by atoms with Gasteiger partial charge in [-0.25, -0.2) is 8.78 Å². The number of benzene rings is 2. The van der Waals surface area contributed by atoms with Gasteiger partial charge in [0.2, 0.25) is 0 Å². The molecule has 0 radical (unpaired) electrons. The van der Waals surface area contributed by atoms with Crippen molar-refractivity contribution in [3.8, 4) is 5.75 Å². The zero-order chi connectivity index (χ0) is 18.4. The molecule has 2 aliphatic rings. The average Bonchev–Trinajstić information content (AvgIpc) is 3.42.